The van der Waals surface area contributed by atoms with Crippen LogP contribution in [0, 0.1) is 5.92 Å². The van der Waals surface area contributed by atoms with E-state index in [1.807, 2.05) is 7.05 Å². The van der Waals surface area contributed by atoms with Gasteiger partial charge in [0, 0.05) is 13.1 Å². The van der Waals surface area contributed by atoms with Gasteiger partial charge in [0.15, 0.2) is 0 Å². The van der Waals surface area contributed by atoms with Gasteiger partial charge in [0.25, 0.3) is 0 Å². The zero-order valence-electron chi connectivity index (χ0n) is 9.48. The summed E-state index contributed by atoms with van der Waals surface area (Å²) in [6.07, 6.45) is 6.80. The molecule has 0 bridgehead atoms. The summed E-state index contributed by atoms with van der Waals surface area (Å²) in [6, 6.07) is 0.468. The third kappa shape index (κ3) is 2.46. The van der Waals surface area contributed by atoms with Crippen molar-refractivity contribution in [3.63, 3.8) is 0 Å². The minimum Gasteiger partial charge on any atom is -0.350 e. The van der Waals surface area contributed by atoms with Crippen molar-refractivity contribution < 1.29 is 0 Å². The van der Waals surface area contributed by atoms with Crippen LogP contribution in [0.25, 0.3) is 0 Å². The lowest BCUT2D eigenvalue weighted by Crippen LogP contribution is -2.28. The van der Waals surface area contributed by atoms with Crippen molar-refractivity contribution in [2.75, 3.05) is 5.32 Å². The Balaban J connectivity index is 1.91. The van der Waals surface area contributed by atoms with Crippen LogP contribution in [0.2, 0.25) is 0 Å². The summed E-state index contributed by atoms with van der Waals surface area (Å²) in [4.78, 5) is 0. The molecular weight excluding hydrogens is 190 g/mol. The second kappa shape index (κ2) is 4.59. The normalized spacial score (nSPS) is 20.1. The SMILES string of the molecule is CC(Nc1nnnn1C)C1CCCCC1. The Labute approximate surface area is 90.2 Å². The largest absolute Gasteiger partial charge is 0.350 e. The number of hydrogen-bond acceptors (Lipinski definition) is 4. The van der Waals surface area contributed by atoms with E-state index in [-0.39, 0.29) is 0 Å². The van der Waals surface area contributed by atoms with Gasteiger partial charge in [0.2, 0.25) is 5.95 Å². The molecule has 15 heavy (non-hydrogen) atoms. The fourth-order valence-electron chi connectivity index (χ4n) is 2.31. The maximum absolute atomic E-state index is 3.94. The molecule has 1 aliphatic carbocycles. The van der Waals surface area contributed by atoms with Crippen molar-refractivity contribution in [1.82, 2.24) is 20.2 Å². The number of hydrogen-bond donors (Lipinski definition) is 1. The number of tetrazole rings is 1. The number of nitrogens with zero attached hydrogens (tertiary/aromatic N) is 4. The fourth-order valence-corrected chi connectivity index (χ4v) is 2.31. The predicted octanol–water partition coefficient (Wildman–Crippen LogP) is 1.59. The van der Waals surface area contributed by atoms with Crippen LogP contribution in [-0.2, 0) is 7.05 Å². The molecule has 1 atom stereocenters. The van der Waals surface area contributed by atoms with Crippen LogP contribution in [0.4, 0.5) is 5.95 Å². The van der Waals surface area contributed by atoms with E-state index >= 15 is 0 Å². The zero-order chi connectivity index (χ0) is 10.7. The van der Waals surface area contributed by atoms with Crippen LogP contribution in [-0.4, -0.2) is 26.2 Å². The van der Waals surface area contributed by atoms with Crippen molar-refractivity contribution in [1.29, 1.82) is 0 Å². The maximum Gasteiger partial charge on any atom is 0.242 e. The van der Waals surface area contributed by atoms with Crippen LogP contribution >= 0.6 is 0 Å². The smallest absolute Gasteiger partial charge is 0.242 e. The molecule has 0 amide bonds. The first-order chi connectivity index (χ1) is 7.27. The Morgan fingerprint density at radius 1 is 1.33 bits per heavy atom. The molecule has 5 heteroatoms. The summed E-state index contributed by atoms with van der Waals surface area (Å²) in [6.45, 7) is 2.23. The monoisotopic (exact) mass is 209 g/mol. The molecule has 0 aliphatic heterocycles. The first kappa shape index (κ1) is 10.4. The number of aromatic nitrogens is 4. The molecule has 1 heterocycles. The van der Waals surface area contributed by atoms with Gasteiger partial charge < -0.3 is 5.32 Å². The van der Waals surface area contributed by atoms with Gasteiger partial charge in [0.05, 0.1) is 0 Å². The molecule has 1 unspecified atom stereocenters. The summed E-state index contributed by atoms with van der Waals surface area (Å²) in [5.41, 5.74) is 0. The molecule has 1 aliphatic rings. The molecule has 5 nitrogen and oxygen atoms in total. The van der Waals surface area contributed by atoms with Crippen LogP contribution in [0.15, 0.2) is 0 Å². The van der Waals surface area contributed by atoms with Gasteiger partial charge in [-0.05, 0) is 36.1 Å². The first-order valence-electron chi connectivity index (χ1n) is 5.76. The predicted molar refractivity (Wildman–Crippen MR) is 58.5 cm³/mol. The summed E-state index contributed by atoms with van der Waals surface area (Å²) < 4.78 is 1.68. The van der Waals surface area contributed by atoms with Crippen molar-refractivity contribution in [3.8, 4) is 0 Å². The van der Waals surface area contributed by atoms with E-state index in [1.165, 1.54) is 32.1 Å². The first-order valence-corrected chi connectivity index (χ1v) is 5.76. The lowest BCUT2D eigenvalue weighted by molar-refractivity contribution is 0.327. The van der Waals surface area contributed by atoms with E-state index in [0.29, 0.717) is 6.04 Å². The highest BCUT2D eigenvalue weighted by Gasteiger charge is 2.20. The van der Waals surface area contributed by atoms with E-state index in [9.17, 15) is 0 Å². The van der Waals surface area contributed by atoms with E-state index in [0.717, 1.165) is 11.9 Å². The molecule has 0 spiro atoms. The maximum atomic E-state index is 3.94. The van der Waals surface area contributed by atoms with Gasteiger partial charge >= 0.3 is 0 Å². The minimum atomic E-state index is 0.468. The summed E-state index contributed by atoms with van der Waals surface area (Å²) in [7, 11) is 1.86. The highest BCUT2D eigenvalue weighted by molar-refractivity contribution is 5.23. The van der Waals surface area contributed by atoms with Gasteiger partial charge in [0.1, 0.15) is 0 Å². The fraction of sp³-hybridized carbons (Fsp3) is 0.900. The van der Waals surface area contributed by atoms with E-state index in [2.05, 4.69) is 27.8 Å². The average molecular weight is 209 g/mol. The second-order valence-corrected chi connectivity index (χ2v) is 4.46. The molecule has 1 fully saturated rings. The topological polar surface area (TPSA) is 55.6 Å². The summed E-state index contributed by atoms with van der Waals surface area (Å²) >= 11 is 0. The number of anilines is 1. The highest BCUT2D eigenvalue weighted by Crippen LogP contribution is 2.27. The second-order valence-electron chi connectivity index (χ2n) is 4.46. The molecule has 1 aromatic heterocycles. The Morgan fingerprint density at radius 2 is 2.07 bits per heavy atom. The number of nitrogens with one attached hydrogen (secondary N) is 1. The van der Waals surface area contributed by atoms with Crippen LogP contribution in [0.3, 0.4) is 0 Å². The van der Waals surface area contributed by atoms with E-state index < -0.39 is 0 Å². The highest BCUT2D eigenvalue weighted by atomic mass is 15.6. The van der Waals surface area contributed by atoms with Gasteiger partial charge in [-0.25, -0.2) is 4.68 Å². The molecule has 0 saturated heterocycles. The van der Waals surface area contributed by atoms with Gasteiger partial charge in [-0.3, -0.25) is 0 Å². The average Bonchev–Trinajstić information content (AvgIpc) is 2.66. The quantitative estimate of drug-likeness (QED) is 0.821. The zero-order valence-corrected chi connectivity index (χ0v) is 9.48. The lowest BCUT2D eigenvalue weighted by atomic mass is 9.85. The summed E-state index contributed by atoms with van der Waals surface area (Å²) in [5, 5.41) is 14.8. The van der Waals surface area contributed by atoms with Crippen molar-refractivity contribution in [2.24, 2.45) is 13.0 Å². The Bertz CT molecular complexity index is 303. The Hall–Kier alpha value is -1.13. The third-order valence-corrected chi connectivity index (χ3v) is 3.33. The van der Waals surface area contributed by atoms with Crippen molar-refractivity contribution in [2.45, 2.75) is 45.1 Å². The third-order valence-electron chi connectivity index (χ3n) is 3.33. The van der Waals surface area contributed by atoms with Crippen LogP contribution < -0.4 is 5.32 Å². The van der Waals surface area contributed by atoms with E-state index in [4.69, 9.17) is 0 Å². The molecule has 0 aromatic carbocycles. The van der Waals surface area contributed by atoms with Crippen molar-refractivity contribution in [3.05, 3.63) is 0 Å². The van der Waals surface area contributed by atoms with Crippen molar-refractivity contribution >= 4 is 5.95 Å². The van der Waals surface area contributed by atoms with E-state index in [1.54, 1.807) is 4.68 Å². The number of rotatable bonds is 3. The Morgan fingerprint density at radius 3 is 2.67 bits per heavy atom. The molecule has 1 aromatic rings. The Kier molecular flexibility index (Phi) is 3.18. The molecular formula is C10H19N5. The standard InChI is InChI=1S/C10H19N5/c1-8(9-6-4-3-5-7-9)11-10-12-13-14-15(10)2/h8-9H,3-7H2,1-2H3,(H,11,12,14). The van der Waals surface area contributed by atoms with Gasteiger partial charge in [-0.1, -0.05) is 24.4 Å². The van der Waals surface area contributed by atoms with Gasteiger partial charge in [-0.15, -0.1) is 0 Å². The summed E-state index contributed by atoms with van der Waals surface area (Å²) in [5.74, 6) is 1.54. The van der Waals surface area contributed by atoms with Gasteiger partial charge in [-0.2, -0.15) is 0 Å². The molecule has 84 valence electrons. The van der Waals surface area contributed by atoms with Crippen LogP contribution in [0.1, 0.15) is 39.0 Å². The number of aryl methyl sites for hydroxylation is 1. The molecule has 0 radical (unpaired) electrons. The lowest BCUT2D eigenvalue weighted by Gasteiger charge is -2.28. The van der Waals surface area contributed by atoms with Crippen LogP contribution in [0.5, 0.6) is 0 Å². The molecule has 1 saturated carbocycles. The molecule has 1 N–H and O–H groups in total. The molecule has 2 rings (SSSR count). The minimum absolute atomic E-state index is 0.468.